The summed E-state index contributed by atoms with van der Waals surface area (Å²) in [5.74, 6) is 0.864. The largest absolute Gasteiger partial charge is 0.338 e. The highest BCUT2D eigenvalue weighted by Gasteiger charge is 2.20. The van der Waals surface area contributed by atoms with Crippen LogP contribution < -0.4 is 0 Å². The van der Waals surface area contributed by atoms with Crippen LogP contribution in [-0.2, 0) is 11.3 Å². The fraction of sp³-hybridized carbons (Fsp3) is 0.538. The number of hydrogen-bond acceptors (Lipinski definition) is 2. The van der Waals surface area contributed by atoms with Crippen molar-refractivity contribution in [3.8, 4) is 0 Å². The molecule has 0 N–H and O–H groups in total. The summed E-state index contributed by atoms with van der Waals surface area (Å²) in [7, 11) is 0. The van der Waals surface area contributed by atoms with Crippen LogP contribution in [0.15, 0.2) is 18.3 Å². The van der Waals surface area contributed by atoms with Crippen molar-refractivity contribution >= 4 is 17.5 Å². The van der Waals surface area contributed by atoms with E-state index in [2.05, 4.69) is 11.9 Å². The zero-order valence-corrected chi connectivity index (χ0v) is 10.8. The molecule has 0 aromatic carbocycles. The highest BCUT2D eigenvalue weighted by molar-refractivity contribution is 6.30. The molecule has 2 rings (SSSR count). The minimum absolute atomic E-state index is 0.231. The predicted molar refractivity (Wildman–Crippen MR) is 67.7 cm³/mol. The molecule has 0 radical (unpaired) electrons. The first-order valence-electron chi connectivity index (χ1n) is 6.04. The number of carbonyl (C=O) groups is 1. The SMILES string of the molecule is CC1CCC(=O)N(Cc2cccnc2Cl)CC1. The maximum absolute atomic E-state index is 11.9. The number of hydrogen-bond donors (Lipinski definition) is 0. The topological polar surface area (TPSA) is 33.2 Å². The quantitative estimate of drug-likeness (QED) is 0.759. The van der Waals surface area contributed by atoms with Gasteiger partial charge >= 0.3 is 0 Å². The normalized spacial score (nSPS) is 21.4. The molecule has 1 aromatic rings. The lowest BCUT2D eigenvalue weighted by Gasteiger charge is -2.21. The van der Waals surface area contributed by atoms with Crippen molar-refractivity contribution in [2.45, 2.75) is 32.7 Å². The van der Waals surface area contributed by atoms with Crippen molar-refractivity contribution in [2.24, 2.45) is 5.92 Å². The van der Waals surface area contributed by atoms with Gasteiger partial charge in [-0.05, 0) is 24.8 Å². The summed E-state index contributed by atoms with van der Waals surface area (Å²) in [5.41, 5.74) is 0.928. The molecule has 3 nitrogen and oxygen atoms in total. The van der Waals surface area contributed by atoms with Crippen molar-refractivity contribution in [1.82, 2.24) is 9.88 Å². The fourth-order valence-corrected chi connectivity index (χ4v) is 2.26. The molecule has 1 amide bonds. The zero-order chi connectivity index (χ0) is 12.3. The van der Waals surface area contributed by atoms with Crippen LogP contribution in [0.25, 0.3) is 0 Å². The molecule has 0 saturated carbocycles. The van der Waals surface area contributed by atoms with Crippen LogP contribution in [0.1, 0.15) is 31.7 Å². The number of pyridine rings is 1. The Morgan fingerprint density at radius 2 is 2.35 bits per heavy atom. The number of halogens is 1. The Kier molecular flexibility index (Phi) is 4.00. The first-order valence-corrected chi connectivity index (χ1v) is 6.42. The van der Waals surface area contributed by atoms with E-state index in [0.717, 1.165) is 24.9 Å². The number of likely N-dealkylation sites (tertiary alicyclic amines) is 1. The molecule has 1 unspecified atom stereocenters. The summed E-state index contributed by atoms with van der Waals surface area (Å²) in [6, 6.07) is 3.78. The van der Waals surface area contributed by atoms with Gasteiger partial charge in [-0.1, -0.05) is 24.6 Å². The van der Waals surface area contributed by atoms with E-state index in [1.807, 2.05) is 17.0 Å². The van der Waals surface area contributed by atoms with E-state index in [4.69, 9.17) is 11.6 Å². The highest BCUT2D eigenvalue weighted by atomic mass is 35.5. The van der Waals surface area contributed by atoms with Crippen molar-refractivity contribution in [3.63, 3.8) is 0 Å². The Morgan fingerprint density at radius 1 is 1.53 bits per heavy atom. The van der Waals surface area contributed by atoms with E-state index < -0.39 is 0 Å². The lowest BCUT2D eigenvalue weighted by atomic mass is 10.0. The molecule has 1 fully saturated rings. The summed E-state index contributed by atoms with van der Waals surface area (Å²) in [4.78, 5) is 17.9. The Balaban J connectivity index is 2.07. The van der Waals surface area contributed by atoms with E-state index >= 15 is 0 Å². The summed E-state index contributed by atoms with van der Waals surface area (Å²) < 4.78 is 0. The van der Waals surface area contributed by atoms with Gasteiger partial charge < -0.3 is 4.90 Å². The van der Waals surface area contributed by atoms with Gasteiger partial charge in [0.2, 0.25) is 5.91 Å². The highest BCUT2D eigenvalue weighted by Crippen LogP contribution is 2.21. The fourth-order valence-electron chi connectivity index (χ4n) is 2.08. The molecule has 1 saturated heterocycles. The van der Waals surface area contributed by atoms with Gasteiger partial charge in [-0.25, -0.2) is 4.98 Å². The van der Waals surface area contributed by atoms with Crippen LogP contribution in [0.2, 0.25) is 5.15 Å². The van der Waals surface area contributed by atoms with Crippen LogP contribution in [0.3, 0.4) is 0 Å². The third-order valence-corrected chi connectivity index (χ3v) is 3.63. The molecular formula is C13H17ClN2O. The number of carbonyl (C=O) groups excluding carboxylic acids is 1. The molecule has 1 atom stereocenters. The summed E-state index contributed by atoms with van der Waals surface area (Å²) in [6.45, 7) is 3.61. The Labute approximate surface area is 107 Å². The smallest absolute Gasteiger partial charge is 0.222 e. The third kappa shape index (κ3) is 3.19. The summed E-state index contributed by atoms with van der Waals surface area (Å²) in [6.07, 6.45) is 4.39. The molecule has 17 heavy (non-hydrogen) atoms. The average Bonchev–Trinajstić information content (AvgIpc) is 2.47. The first kappa shape index (κ1) is 12.4. The van der Waals surface area contributed by atoms with Gasteiger partial charge in [-0.15, -0.1) is 0 Å². The van der Waals surface area contributed by atoms with Gasteiger partial charge in [-0.2, -0.15) is 0 Å². The van der Waals surface area contributed by atoms with E-state index in [-0.39, 0.29) is 5.91 Å². The maximum atomic E-state index is 11.9. The van der Waals surface area contributed by atoms with Crippen LogP contribution >= 0.6 is 11.6 Å². The molecule has 0 bridgehead atoms. The Bertz CT molecular complexity index is 408. The van der Waals surface area contributed by atoms with Crippen molar-refractivity contribution < 1.29 is 4.79 Å². The van der Waals surface area contributed by atoms with Gasteiger partial charge in [0.15, 0.2) is 0 Å². The number of rotatable bonds is 2. The predicted octanol–water partition coefficient (Wildman–Crippen LogP) is 2.88. The number of nitrogens with zero attached hydrogens (tertiary/aromatic N) is 2. The van der Waals surface area contributed by atoms with E-state index in [0.29, 0.717) is 24.0 Å². The van der Waals surface area contributed by atoms with Crippen molar-refractivity contribution in [3.05, 3.63) is 29.0 Å². The second-order valence-corrected chi connectivity index (χ2v) is 5.06. The van der Waals surface area contributed by atoms with Crippen molar-refractivity contribution in [2.75, 3.05) is 6.54 Å². The van der Waals surface area contributed by atoms with Gasteiger partial charge in [0.25, 0.3) is 0 Å². The van der Waals surface area contributed by atoms with Crippen molar-refractivity contribution in [1.29, 1.82) is 0 Å². The minimum Gasteiger partial charge on any atom is -0.338 e. The van der Waals surface area contributed by atoms with E-state index in [9.17, 15) is 4.79 Å². The van der Waals surface area contributed by atoms with Gasteiger partial charge in [0, 0.05) is 31.3 Å². The summed E-state index contributed by atoms with van der Waals surface area (Å²) >= 11 is 6.01. The second kappa shape index (κ2) is 5.50. The minimum atomic E-state index is 0.231. The molecule has 0 spiro atoms. The lowest BCUT2D eigenvalue weighted by Crippen LogP contribution is -2.29. The third-order valence-electron chi connectivity index (χ3n) is 3.29. The molecule has 1 aromatic heterocycles. The monoisotopic (exact) mass is 252 g/mol. The second-order valence-electron chi connectivity index (χ2n) is 4.70. The average molecular weight is 253 g/mol. The maximum Gasteiger partial charge on any atom is 0.222 e. The molecule has 4 heteroatoms. The molecule has 1 aliphatic heterocycles. The summed E-state index contributed by atoms with van der Waals surface area (Å²) in [5, 5.41) is 0.498. The van der Waals surface area contributed by atoms with E-state index in [1.165, 1.54) is 0 Å². The number of amides is 1. The standard InChI is InChI=1S/C13H17ClN2O/c1-10-4-5-12(17)16(8-6-10)9-11-3-2-7-15-13(11)14/h2-3,7,10H,4-6,8-9H2,1H3. The van der Waals surface area contributed by atoms with Gasteiger partial charge in [-0.3, -0.25) is 4.79 Å². The van der Waals surface area contributed by atoms with Crippen LogP contribution in [0.4, 0.5) is 0 Å². The van der Waals surface area contributed by atoms with Gasteiger partial charge in [0.1, 0.15) is 5.15 Å². The molecule has 0 aliphatic carbocycles. The Morgan fingerprint density at radius 3 is 3.12 bits per heavy atom. The van der Waals surface area contributed by atoms with Crippen LogP contribution in [0, 0.1) is 5.92 Å². The zero-order valence-electron chi connectivity index (χ0n) is 10.0. The first-order chi connectivity index (χ1) is 8.16. The Hall–Kier alpha value is -1.09. The molecular weight excluding hydrogens is 236 g/mol. The van der Waals surface area contributed by atoms with Crippen LogP contribution in [-0.4, -0.2) is 22.3 Å². The van der Waals surface area contributed by atoms with E-state index in [1.54, 1.807) is 6.20 Å². The molecule has 1 aliphatic rings. The number of aromatic nitrogens is 1. The molecule has 2 heterocycles. The van der Waals surface area contributed by atoms with Gasteiger partial charge in [0.05, 0.1) is 0 Å². The van der Waals surface area contributed by atoms with Crippen LogP contribution in [0.5, 0.6) is 0 Å². The lowest BCUT2D eigenvalue weighted by molar-refractivity contribution is -0.131. The molecule has 92 valence electrons.